The maximum Gasteiger partial charge on any atom is 0.235 e. The highest BCUT2D eigenvalue weighted by Gasteiger charge is 2.13. The summed E-state index contributed by atoms with van der Waals surface area (Å²) in [7, 11) is 0. The second-order valence-electron chi connectivity index (χ2n) is 4.23. The van der Waals surface area contributed by atoms with Gasteiger partial charge >= 0.3 is 0 Å². The van der Waals surface area contributed by atoms with Crippen LogP contribution in [0.25, 0.3) is 0 Å². The van der Waals surface area contributed by atoms with Gasteiger partial charge in [0.2, 0.25) is 5.91 Å². The molecule has 1 aromatic heterocycles. The monoisotopic (exact) mass is 275 g/mol. The van der Waals surface area contributed by atoms with Crippen molar-refractivity contribution in [3.8, 4) is 0 Å². The van der Waals surface area contributed by atoms with Gasteiger partial charge in [-0.05, 0) is 18.7 Å². The molecule has 1 N–H and O–H groups in total. The van der Waals surface area contributed by atoms with Gasteiger partial charge in [0, 0.05) is 6.07 Å². The summed E-state index contributed by atoms with van der Waals surface area (Å²) in [5, 5.41) is 7.18. The number of amides is 1. The second kappa shape index (κ2) is 6.43. The fourth-order valence-corrected chi connectivity index (χ4v) is 2.24. The third-order valence-electron chi connectivity index (χ3n) is 2.86. The number of rotatable bonds is 5. The van der Waals surface area contributed by atoms with Crippen molar-refractivity contribution in [1.82, 2.24) is 9.78 Å². The van der Waals surface area contributed by atoms with Crippen LogP contribution in [0, 0.1) is 0 Å². The molecule has 0 aliphatic heterocycles. The zero-order valence-corrected chi connectivity index (χ0v) is 11.9. The fraction of sp³-hybridized carbons (Fsp3) is 0.286. The minimum absolute atomic E-state index is 0.00508. The van der Waals surface area contributed by atoms with E-state index in [2.05, 4.69) is 29.5 Å². The van der Waals surface area contributed by atoms with Gasteiger partial charge in [-0.1, -0.05) is 30.3 Å². The highest BCUT2D eigenvalue weighted by atomic mass is 32.2. The lowest BCUT2D eigenvalue weighted by atomic mass is 10.1. The van der Waals surface area contributed by atoms with E-state index in [9.17, 15) is 4.79 Å². The van der Waals surface area contributed by atoms with Crippen LogP contribution in [0.15, 0.2) is 42.6 Å². The van der Waals surface area contributed by atoms with Crippen molar-refractivity contribution in [2.24, 2.45) is 0 Å². The largest absolute Gasteiger partial charge is 0.310 e. The zero-order chi connectivity index (χ0) is 13.7. The molecule has 0 spiro atoms. The van der Waals surface area contributed by atoms with Gasteiger partial charge in [-0.2, -0.15) is 16.9 Å². The van der Waals surface area contributed by atoms with Crippen LogP contribution in [0.2, 0.25) is 0 Å². The number of nitrogens with zero attached hydrogens (tertiary/aromatic N) is 2. The van der Waals surface area contributed by atoms with E-state index in [0.29, 0.717) is 5.75 Å². The molecule has 1 amide bonds. The average molecular weight is 275 g/mol. The highest BCUT2D eigenvalue weighted by molar-refractivity contribution is 7.99. The van der Waals surface area contributed by atoms with E-state index in [-0.39, 0.29) is 11.9 Å². The van der Waals surface area contributed by atoms with Crippen LogP contribution < -0.4 is 5.32 Å². The van der Waals surface area contributed by atoms with Crippen LogP contribution in [0.1, 0.15) is 18.5 Å². The molecule has 4 nitrogen and oxygen atoms in total. The lowest BCUT2D eigenvalue weighted by Crippen LogP contribution is -2.19. The van der Waals surface area contributed by atoms with Crippen molar-refractivity contribution in [3.63, 3.8) is 0 Å². The van der Waals surface area contributed by atoms with Gasteiger partial charge in [-0.15, -0.1) is 0 Å². The maximum atomic E-state index is 11.6. The smallest absolute Gasteiger partial charge is 0.235 e. The van der Waals surface area contributed by atoms with Crippen LogP contribution >= 0.6 is 11.8 Å². The molecular weight excluding hydrogens is 258 g/mol. The van der Waals surface area contributed by atoms with Crippen LogP contribution in [0.4, 0.5) is 5.82 Å². The van der Waals surface area contributed by atoms with Gasteiger partial charge in [-0.25, -0.2) is 4.68 Å². The van der Waals surface area contributed by atoms with Gasteiger partial charge in [-0.3, -0.25) is 4.79 Å². The van der Waals surface area contributed by atoms with Gasteiger partial charge in [0.05, 0.1) is 18.0 Å². The number of thioether (sulfide) groups is 1. The molecule has 1 unspecified atom stereocenters. The number of aromatic nitrogens is 2. The first-order chi connectivity index (χ1) is 9.22. The molecule has 0 saturated heterocycles. The van der Waals surface area contributed by atoms with Gasteiger partial charge < -0.3 is 5.32 Å². The van der Waals surface area contributed by atoms with Crippen molar-refractivity contribution < 1.29 is 4.79 Å². The Morgan fingerprint density at radius 2 is 2.11 bits per heavy atom. The Balaban J connectivity index is 2.17. The van der Waals surface area contributed by atoms with Crippen molar-refractivity contribution in [1.29, 1.82) is 0 Å². The SMILES string of the molecule is CSCC(=O)Nc1ccnn1C(C)c1ccccc1. The predicted molar refractivity (Wildman–Crippen MR) is 79.5 cm³/mol. The topological polar surface area (TPSA) is 46.9 Å². The summed E-state index contributed by atoms with van der Waals surface area (Å²) in [6.07, 6.45) is 3.61. The standard InChI is InChI=1S/C14H17N3OS/c1-11(12-6-4-3-5-7-12)17-13(8-9-15-17)16-14(18)10-19-2/h3-9,11H,10H2,1-2H3,(H,16,18). The van der Waals surface area contributed by atoms with E-state index in [4.69, 9.17) is 0 Å². The van der Waals surface area contributed by atoms with Crippen molar-refractivity contribution in [2.75, 3.05) is 17.3 Å². The number of hydrogen-bond acceptors (Lipinski definition) is 3. The van der Waals surface area contributed by atoms with Crippen molar-refractivity contribution in [3.05, 3.63) is 48.2 Å². The Labute approximate surface area is 117 Å². The molecule has 2 aromatic rings. The molecule has 1 aromatic carbocycles. The molecular formula is C14H17N3OS. The van der Waals surface area contributed by atoms with E-state index < -0.39 is 0 Å². The first-order valence-electron chi connectivity index (χ1n) is 6.09. The summed E-state index contributed by atoms with van der Waals surface area (Å²) in [5.74, 6) is 1.18. The number of anilines is 1. The minimum Gasteiger partial charge on any atom is -0.310 e. The summed E-state index contributed by atoms with van der Waals surface area (Å²) in [5.41, 5.74) is 1.16. The Bertz CT molecular complexity index is 539. The number of benzene rings is 1. The molecule has 0 aliphatic carbocycles. The van der Waals surface area contributed by atoms with Crippen molar-refractivity contribution >= 4 is 23.5 Å². The van der Waals surface area contributed by atoms with E-state index in [1.807, 2.05) is 35.2 Å². The molecule has 2 rings (SSSR count). The van der Waals surface area contributed by atoms with Crippen LogP contribution in [0.3, 0.4) is 0 Å². The predicted octanol–water partition coefficient (Wildman–Crippen LogP) is 2.79. The molecule has 0 fully saturated rings. The quantitative estimate of drug-likeness (QED) is 0.912. The minimum atomic E-state index is -0.00508. The van der Waals surface area contributed by atoms with Gasteiger partial charge in [0.1, 0.15) is 5.82 Å². The molecule has 0 radical (unpaired) electrons. The number of carbonyl (C=O) groups excluding carboxylic acids is 1. The Morgan fingerprint density at radius 1 is 1.37 bits per heavy atom. The molecule has 0 aliphatic rings. The van der Waals surface area contributed by atoms with Crippen LogP contribution in [-0.4, -0.2) is 27.7 Å². The summed E-state index contributed by atoms with van der Waals surface area (Å²) in [6.45, 7) is 2.06. The lowest BCUT2D eigenvalue weighted by molar-refractivity contribution is -0.113. The summed E-state index contributed by atoms with van der Waals surface area (Å²) >= 11 is 1.50. The lowest BCUT2D eigenvalue weighted by Gasteiger charge is -2.16. The summed E-state index contributed by atoms with van der Waals surface area (Å²) < 4.78 is 1.83. The Hall–Kier alpha value is -1.75. The normalized spacial score (nSPS) is 12.1. The number of nitrogens with one attached hydrogen (secondary N) is 1. The first-order valence-corrected chi connectivity index (χ1v) is 7.49. The molecule has 0 bridgehead atoms. The number of hydrogen-bond donors (Lipinski definition) is 1. The van der Waals surface area contributed by atoms with Crippen LogP contribution in [0.5, 0.6) is 0 Å². The Morgan fingerprint density at radius 3 is 2.79 bits per heavy atom. The van der Waals surface area contributed by atoms with E-state index >= 15 is 0 Å². The number of carbonyl (C=O) groups is 1. The van der Waals surface area contributed by atoms with E-state index in [1.54, 1.807) is 6.20 Å². The van der Waals surface area contributed by atoms with Gasteiger partial charge in [0.25, 0.3) is 0 Å². The third-order valence-corrected chi connectivity index (χ3v) is 3.41. The zero-order valence-electron chi connectivity index (χ0n) is 11.0. The maximum absolute atomic E-state index is 11.6. The molecule has 1 atom stereocenters. The third kappa shape index (κ3) is 3.38. The molecule has 100 valence electrons. The molecule has 1 heterocycles. The molecule has 5 heteroatoms. The average Bonchev–Trinajstić information content (AvgIpc) is 2.87. The van der Waals surface area contributed by atoms with Crippen molar-refractivity contribution in [2.45, 2.75) is 13.0 Å². The van der Waals surface area contributed by atoms with E-state index in [0.717, 1.165) is 11.4 Å². The molecule has 0 saturated carbocycles. The fourth-order valence-electron chi connectivity index (χ4n) is 1.90. The highest BCUT2D eigenvalue weighted by Crippen LogP contribution is 2.21. The Kier molecular flexibility index (Phi) is 4.63. The van der Waals surface area contributed by atoms with E-state index in [1.165, 1.54) is 11.8 Å². The summed E-state index contributed by atoms with van der Waals surface area (Å²) in [6, 6.07) is 12.0. The first kappa shape index (κ1) is 13.7. The van der Waals surface area contributed by atoms with Gasteiger partial charge in [0.15, 0.2) is 0 Å². The van der Waals surface area contributed by atoms with Crippen LogP contribution in [-0.2, 0) is 4.79 Å². The second-order valence-corrected chi connectivity index (χ2v) is 5.09. The summed E-state index contributed by atoms with van der Waals surface area (Å²) in [4.78, 5) is 11.6. The molecule has 19 heavy (non-hydrogen) atoms.